The third-order valence-electron chi connectivity index (χ3n) is 17.5. The van der Waals surface area contributed by atoms with Gasteiger partial charge >= 0.3 is 17.8 Å². The molecule has 0 aliphatic carbocycles. The number of anilines is 2. The Morgan fingerprint density at radius 2 is 0.843 bits per heavy atom. The number of aryl methyl sites for hydroxylation is 8. The molecule has 12 aromatic rings. The number of carboxylic acids is 1. The van der Waals surface area contributed by atoms with Gasteiger partial charge in [0.05, 0.1) is 70.6 Å². The average molecular weight is 1620 g/mol. The molecule has 36 nitrogen and oxygen atoms in total. The van der Waals surface area contributed by atoms with Crippen molar-refractivity contribution in [1.82, 2.24) is 48.2 Å². The van der Waals surface area contributed by atoms with Gasteiger partial charge in [-0.3, -0.25) is 38.9 Å². The number of imidazole rings is 2. The quantitative estimate of drug-likeness (QED) is 0.0148. The summed E-state index contributed by atoms with van der Waals surface area (Å²) in [7, 11) is 2.94. The third kappa shape index (κ3) is 19.1. The summed E-state index contributed by atoms with van der Waals surface area (Å²) >= 11 is 2.36. The number of benzene rings is 4. The Balaban J connectivity index is 0.000000217. The SMILES string of the molecule is CCCCOc1cc(C(N)=O)cc2nc(N)n(C/C=C/Cn3c(=NC(=O)c4oc(C)nc4CC)sc4cc(C(N)=O)cc(OC)c43)c12.CCc1nc(C)oc1C(=O)N=c1sc2cc(C(N)=O)cc(OC)c2n1C/C=C/Cn1c(NC(=O)c2oc(C)nc2CC)nc2cc(C(N)=O)cc(OCCCO)c21.CCc1nc(C)oc1C(=O)O. The molecule has 0 spiro atoms. The second-order valence-corrected chi connectivity index (χ2v) is 27.4. The van der Waals surface area contributed by atoms with Crippen molar-refractivity contribution < 1.29 is 85.2 Å². The number of aromatic carboxylic acids is 1. The smallest absolute Gasteiger partial charge is 0.373 e. The molecule has 38 heteroatoms. The van der Waals surface area contributed by atoms with Crippen molar-refractivity contribution in [1.29, 1.82) is 0 Å². The number of oxazole rings is 4. The molecular formula is C77H86N18O18S2. The van der Waals surface area contributed by atoms with Gasteiger partial charge in [0.15, 0.2) is 33.2 Å². The molecule has 0 atom stereocenters. The minimum absolute atomic E-state index is 0.0314. The van der Waals surface area contributed by atoms with Crippen LogP contribution >= 0.6 is 22.7 Å². The number of nitrogen functional groups attached to an aromatic ring is 1. The first-order valence-electron chi connectivity index (χ1n) is 36.3. The van der Waals surface area contributed by atoms with E-state index in [1.165, 1.54) is 43.8 Å². The summed E-state index contributed by atoms with van der Waals surface area (Å²) in [5.41, 5.74) is 34.6. The molecule has 115 heavy (non-hydrogen) atoms. The molecule has 604 valence electrons. The summed E-state index contributed by atoms with van der Waals surface area (Å²) in [5, 5.41) is 20.8. The average Bonchev–Trinajstić information content (AvgIpc) is 1.64. The van der Waals surface area contributed by atoms with Crippen LogP contribution in [0.1, 0.15) is 184 Å². The van der Waals surface area contributed by atoms with Gasteiger partial charge in [-0.05, 0) is 80.6 Å². The Hall–Kier alpha value is -13.4. The minimum atomic E-state index is -1.05. The van der Waals surface area contributed by atoms with Crippen LogP contribution in [0.25, 0.3) is 42.5 Å². The predicted octanol–water partition coefficient (Wildman–Crippen LogP) is 9.11. The first-order valence-corrected chi connectivity index (χ1v) is 37.9. The first kappa shape index (κ1) is 84.1. The Labute approximate surface area is 663 Å². The number of aliphatic hydroxyl groups is 1. The maximum absolute atomic E-state index is 13.6. The molecule has 0 saturated carbocycles. The topological polar surface area (TPSA) is 530 Å². The highest BCUT2D eigenvalue weighted by Crippen LogP contribution is 2.36. The molecule has 0 unspecified atom stereocenters. The molecule has 0 saturated heterocycles. The first-order chi connectivity index (χ1) is 55.1. The van der Waals surface area contributed by atoms with E-state index in [2.05, 4.69) is 52.1 Å². The van der Waals surface area contributed by atoms with Gasteiger partial charge in [-0.15, -0.1) is 0 Å². The summed E-state index contributed by atoms with van der Waals surface area (Å²) in [6.45, 7) is 17.4. The van der Waals surface area contributed by atoms with E-state index in [4.69, 9.17) is 70.4 Å². The van der Waals surface area contributed by atoms with E-state index in [0.717, 1.165) is 24.2 Å². The van der Waals surface area contributed by atoms with E-state index in [1.807, 2.05) is 45.9 Å². The minimum Gasteiger partial charge on any atom is -0.494 e. The van der Waals surface area contributed by atoms with Crippen molar-refractivity contribution in [2.45, 2.75) is 133 Å². The van der Waals surface area contributed by atoms with Gasteiger partial charge in [0.25, 0.3) is 5.91 Å². The number of methoxy groups -OCH3 is 2. The lowest BCUT2D eigenvalue weighted by Crippen LogP contribution is -2.18. The van der Waals surface area contributed by atoms with Crippen molar-refractivity contribution in [2.24, 2.45) is 32.9 Å². The number of amides is 7. The van der Waals surface area contributed by atoms with Crippen LogP contribution < -0.4 is 62.5 Å². The number of rotatable bonds is 31. The second-order valence-electron chi connectivity index (χ2n) is 25.4. The predicted molar refractivity (Wildman–Crippen MR) is 424 cm³/mol. The number of hydrogen-bond donors (Lipinski definition) is 8. The van der Waals surface area contributed by atoms with Gasteiger partial charge in [-0.2, -0.15) is 9.98 Å². The zero-order valence-electron chi connectivity index (χ0n) is 64.8. The number of aliphatic hydroxyl groups excluding tert-OH is 1. The van der Waals surface area contributed by atoms with E-state index in [0.29, 0.717) is 156 Å². The highest BCUT2D eigenvalue weighted by molar-refractivity contribution is 7.16. The summed E-state index contributed by atoms with van der Waals surface area (Å²) in [5.74, 6) is -2.10. The number of nitrogens with two attached hydrogens (primary N) is 5. The van der Waals surface area contributed by atoms with Crippen LogP contribution in [0, 0.1) is 27.7 Å². The fourth-order valence-electron chi connectivity index (χ4n) is 12.1. The van der Waals surface area contributed by atoms with Crippen LogP contribution in [-0.2, 0) is 51.9 Å². The van der Waals surface area contributed by atoms with Crippen molar-refractivity contribution in [3.8, 4) is 23.0 Å². The Morgan fingerprint density at radius 3 is 1.24 bits per heavy atom. The fourth-order valence-corrected chi connectivity index (χ4v) is 14.3. The van der Waals surface area contributed by atoms with E-state index < -0.39 is 47.3 Å². The van der Waals surface area contributed by atoms with E-state index >= 15 is 0 Å². The highest BCUT2D eigenvalue weighted by atomic mass is 32.1. The molecule has 0 bridgehead atoms. The van der Waals surface area contributed by atoms with Crippen LogP contribution in [0.5, 0.6) is 23.0 Å². The highest BCUT2D eigenvalue weighted by Gasteiger charge is 2.27. The zero-order valence-corrected chi connectivity index (χ0v) is 66.5. The number of carboxylic acid groups (broad SMARTS) is 1. The summed E-state index contributed by atoms with van der Waals surface area (Å²) < 4.78 is 53.3. The van der Waals surface area contributed by atoms with Crippen LogP contribution in [0.3, 0.4) is 0 Å². The number of nitrogens with one attached hydrogen (secondary N) is 1. The molecular weight excluding hydrogens is 1530 g/mol. The van der Waals surface area contributed by atoms with Crippen molar-refractivity contribution in [3.63, 3.8) is 0 Å². The Morgan fingerprint density at radius 1 is 0.478 bits per heavy atom. The molecule has 0 radical (unpaired) electrons. The van der Waals surface area contributed by atoms with Crippen LogP contribution in [0.4, 0.5) is 11.9 Å². The second kappa shape index (κ2) is 37.3. The molecule has 13 N–H and O–H groups in total. The van der Waals surface area contributed by atoms with Gasteiger partial charge < -0.3 is 93.8 Å². The fraction of sp³-hybridized carbons (Fsp3) is 0.325. The molecule has 12 rings (SSSR count). The summed E-state index contributed by atoms with van der Waals surface area (Å²) in [6.07, 6.45) is 11.4. The van der Waals surface area contributed by atoms with E-state index in [1.54, 1.807) is 82.4 Å². The maximum Gasteiger partial charge on any atom is 0.373 e. The van der Waals surface area contributed by atoms with Crippen molar-refractivity contribution >= 4 is 124 Å². The Bertz CT molecular complexity index is 5950. The summed E-state index contributed by atoms with van der Waals surface area (Å²) in [6, 6.07) is 12.5. The van der Waals surface area contributed by atoms with Crippen LogP contribution in [-0.4, -0.2) is 140 Å². The third-order valence-corrected chi connectivity index (χ3v) is 19.5. The Kier molecular flexibility index (Phi) is 27.3. The molecule has 7 amide bonds. The normalized spacial score (nSPS) is 11.8. The maximum atomic E-state index is 13.6. The van der Waals surface area contributed by atoms with Crippen LogP contribution in [0.2, 0.25) is 0 Å². The standard InChI is InChI=1S/C38H41N9O9S.C32H36N8O6S.C7H9NO3/c1-6-23-31(55-19(3)41-23)35(51)44-37-43-25-15-21(33(39)49)17-27(54-14-10-13-48)29(25)46(37)11-8-9-12-47-30-26(53-5)16-22(34(40)50)18-28(30)57-38(47)45-36(52)32-24(7-2)42-20(4)56-32;1-5-7-12-45-23-15-18(28(33)41)13-21-25(23)39(31(35)37-21)10-8-9-11-40-26-22(44-4)14-19(29(34)42)16-24(26)47-32(40)38-30(43)27-20(6-2)36-17(3)46-27;1-3-5-6(7(9)10)11-4(2)8-5/h8-9,15-18,48H,6-7,10-14H2,1-5H3,(H2,39,49)(H2,40,50)(H,43,44,51);8-9,13-16H,5-7,10-12H2,1-4H3,(H2,33,41)(H2,34,42)(H2,35,37);3H2,1-2H3,(H,9,10)/b9-8+,45-38?;9-8+,38-32?;. The number of unbranched alkanes of at least 4 members (excludes halogenated alkanes) is 1. The summed E-state index contributed by atoms with van der Waals surface area (Å²) in [4.78, 5) is 135. The molecule has 4 aromatic carbocycles. The van der Waals surface area contributed by atoms with Gasteiger partial charge in [0, 0.05) is 89.2 Å². The lowest BCUT2D eigenvalue weighted by atomic mass is 10.1. The number of carbonyl (C=O) groups is 8. The number of thiazole rings is 2. The number of ether oxygens (including phenoxy) is 4. The number of fused-ring (bicyclic) bond motifs is 4. The lowest BCUT2D eigenvalue weighted by Gasteiger charge is -2.12. The monoisotopic (exact) mass is 1610 g/mol. The number of carbonyl (C=O) groups excluding carboxylic acids is 7. The van der Waals surface area contributed by atoms with Gasteiger partial charge in [0.1, 0.15) is 45.1 Å². The van der Waals surface area contributed by atoms with Crippen LogP contribution in [0.15, 0.2) is 100 Å². The molecule has 0 aliphatic rings. The van der Waals surface area contributed by atoms with Crippen molar-refractivity contribution in [2.75, 3.05) is 45.1 Å². The molecule has 0 aliphatic heterocycles. The van der Waals surface area contributed by atoms with Crippen molar-refractivity contribution in [3.05, 3.63) is 174 Å². The van der Waals surface area contributed by atoms with E-state index in [-0.39, 0.29) is 101 Å². The number of primary amides is 4. The van der Waals surface area contributed by atoms with Gasteiger partial charge in [-0.25, -0.2) is 34.7 Å². The number of hydrogen-bond acceptors (Lipinski definition) is 26. The number of aromatic nitrogens is 10. The molecule has 8 aromatic heterocycles. The zero-order chi connectivity index (χ0) is 83.2. The lowest BCUT2D eigenvalue weighted by molar-refractivity contribution is 0.0657. The van der Waals surface area contributed by atoms with Gasteiger partial charge in [-0.1, -0.05) is 88.0 Å². The largest absolute Gasteiger partial charge is 0.494 e. The van der Waals surface area contributed by atoms with Gasteiger partial charge in [0.2, 0.25) is 58.6 Å². The molecule has 8 heterocycles. The number of allylic oxidation sites excluding steroid dienone is 4. The molecule has 0 fully saturated rings. The van der Waals surface area contributed by atoms with E-state index in [9.17, 15) is 43.5 Å². The number of nitrogens with zero attached hydrogens (tertiary/aromatic N) is 12.